The number of carbonyl (C=O) groups is 2. The molecule has 22 heavy (non-hydrogen) atoms. The summed E-state index contributed by atoms with van der Waals surface area (Å²) in [5.41, 5.74) is 4.92. The number of carbonyl (C=O) groups excluding carboxylic acids is 1. The Bertz CT molecular complexity index is 506. The Morgan fingerprint density at radius 3 is 2.00 bits per heavy atom. The second-order valence-electron chi connectivity index (χ2n) is 5.89. The highest BCUT2D eigenvalue weighted by Gasteiger charge is 2.18. The van der Waals surface area contributed by atoms with Gasteiger partial charge in [-0.2, -0.15) is 0 Å². The summed E-state index contributed by atoms with van der Waals surface area (Å²) in [6.07, 6.45) is 3.50. The number of amides is 1. The zero-order chi connectivity index (χ0) is 16.7. The molecule has 0 unspecified atom stereocenters. The molecule has 1 saturated carbocycles. The number of carboxylic acid groups (broad SMARTS) is 2. The smallest absolute Gasteiger partial charge is 0.450 e. The highest BCUT2D eigenvalue weighted by molar-refractivity contribution is 5.79. The predicted molar refractivity (Wildman–Crippen MR) is 85.4 cm³/mol. The fourth-order valence-corrected chi connectivity index (χ4v) is 3.00. The second kappa shape index (κ2) is 8.41. The second-order valence-corrected chi connectivity index (χ2v) is 5.89. The van der Waals surface area contributed by atoms with Gasteiger partial charge in [0.2, 0.25) is 5.91 Å². The van der Waals surface area contributed by atoms with Crippen molar-refractivity contribution in [1.29, 1.82) is 0 Å². The van der Waals surface area contributed by atoms with Crippen LogP contribution in [0.2, 0.25) is 0 Å². The zero-order valence-electron chi connectivity index (χ0n) is 13.5. The summed E-state index contributed by atoms with van der Waals surface area (Å²) in [6, 6.07) is 4.74. The molecule has 3 N–H and O–H groups in total. The summed E-state index contributed by atoms with van der Waals surface area (Å²) in [6.45, 7) is 6.29. The zero-order valence-corrected chi connectivity index (χ0v) is 13.5. The summed E-state index contributed by atoms with van der Waals surface area (Å²) in [5, 5.41) is 17.1. The summed E-state index contributed by atoms with van der Waals surface area (Å²) >= 11 is 0. The molecule has 2 rings (SSSR count). The standard InChI is InChI=1S/C16H23NO.CH2O3/c1-11-8-12(2)15(13(3)9-11)10-16(18)17-14-6-4-5-7-14;2-1(3)4/h8-9,14H,4-7,10H2,1-3H3,(H,17,18);(H2,2,3,4). The van der Waals surface area contributed by atoms with Gasteiger partial charge >= 0.3 is 6.16 Å². The van der Waals surface area contributed by atoms with Gasteiger partial charge in [0.25, 0.3) is 0 Å². The summed E-state index contributed by atoms with van der Waals surface area (Å²) < 4.78 is 0. The molecule has 1 aromatic rings. The van der Waals surface area contributed by atoms with E-state index in [0.29, 0.717) is 12.5 Å². The van der Waals surface area contributed by atoms with Crippen molar-refractivity contribution in [2.45, 2.75) is 58.9 Å². The van der Waals surface area contributed by atoms with Crippen LogP contribution in [0.1, 0.15) is 47.9 Å². The van der Waals surface area contributed by atoms with E-state index in [1.54, 1.807) is 0 Å². The summed E-state index contributed by atoms with van der Waals surface area (Å²) in [5.74, 6) is 0.178. The number of rotatable bonds is 3. The minimum absolute atomic E-state index is 0.178. The van der Waals surface area contributed by atoms with Crippen LogP contribution in [0.4, 0.5) is 4.79 Å². The molecule has 122 valence electrons. The van der Waals surface area contributed by atoms with E-state index < -0.39 is 6.16 Å². The summed E-state index contributed by atoms with van der Waals surface area (Å²) in [4.78, 5) is 20.6. The molecule has 1 amide bonds. The lowest BCUT2D eigenvalue weighted by atomic mass is 9.97. The molecule has 5 heteroatoms. The molecule has 0 atom stereocenters. The van der Waals surface area contributed by atoms with E-state index in [-0.39, 0.29) is 5.91 Å². The average molecular weight is 307 g/mol. The molecule has 5 nitrogen and oxygen atoms in total. The molecular weight excluding hydrogens is 282 g/mol. The Kier molecular flexibility index (Phi) is 6.89. The molecule has 0 aliphatic heterocycles. The van der Waals surface area contributed by atoms with Crippen LogP contribution in [0.3, 0.4) is 0 Å². The van der Waals surface area contributed by atoms with Crippen LogP contribution in [0.25, 0.3) is 0 Å². The first-order valence-corrected chi connectivity index (χ1v) is 7.57. The first-order chi connectivity index (χ1) is 10.3. The van der Waals surface area contributed by atoms with Gasteiger partial charge in [-0.1, -0.05) is 30.5 Å². The normalized spacial score (nSPS) is 14.1. The van der Waals surface area contributed by atoms with Gasteiger partial charge in [0, 0.05) is 6.04 Å². The first-order valence-electron chi connectivity index (χ1n) is 7.57. The lowest BCUT2D eigenvalue weighted by Crippen LogP contribution is -2.34. The van der Waals surface area contributed by atoms with E-state index in [1.165, 1.54) is 35.1 Å². The number of hydrogen-bond acceptors (Lipinski definition) is 2. The van der Waals surface area contributed by atoms with Crippen LogP contribution in [0, 0.1) is 20.8 Å². The van der Waals surface area contributed by atoms with E-state index >= 15 is 0 Å². The Labute approximate surface area is 131 Å². The van der Waals surface area contributed by atoms with Gasteiger partial charge in [0.05, 0.1) is 6.42 Å². The van der Waals surface area contributed by atoms with Crippen molar-refractivity contribution in [3.63, 3.8) is 0 Å². The molecule has 0 bridgehead atoms. The van der Waals surface area contributed by atoms with Crippen LogP contribution < -0.4 is 5.32 Å². The van der Waals surface area contributed by atoms with Crippen molar-refractivity contribution in [3.8, 4) is 0 Å². The van der Waals surface area contributed by atoms with Crippen molar-refractivity contribution in [1.82, 2.24) is 5.32 Å². The predicted octanol–water partition coefficient (Wildman–Crippen LogP) is 3.44. The molecule has 1 aliphatic carbocycles. The van der Waals surface area contributed by atoms with Gasteiger partial charge < -0.3 is 15.5 Å². The molecular formula is C17H25NO4. The van der Waals surface area contributed by atoms with Crippen LogP contribution in [-0.4, -0.2) is 28.3 Å². The third kappa shape index (κ3) is 6.16. The third-order valence-electron chi connectivity index (χ3n) is 3.90. The molecule has 0 aromatic heterocycles. The quantitative estimate of drug-likeness (QED) is 0.798. The molecule has 0 saturated heterocycles. The van der Waals surface area contributed by atoms with E-state index in [1.807, 2.05) is 0 Å². The Balaban J connectivity index is 0.000000541. The van der Waals surface area contributed by atoms with Crippen LogP contribution in [0.15, 0.2) is 12.1 Å². The van der Waals surface area contributed by atoms with E-state index in [0.717, 1.165) is 12.8 Å². The van der Waals surface area contributed by atoms with Crippen molar-refractivity contribution < 1.29 is 19.8 Å². The number of benzene rings is 1. The van der Waals surface area contributed by atoms with E-state index in [2.05, 4.69) is 38.2 Å². The lowest BCUT2D eigenvalue weighted by Gasteiger charge is -2.14. The number of aryl methyl sites for hydroxylation is 3. The molecule has 1 aromatic carbocycles. The molecule has 1 fully saturated rings. The fourth-order valence-electron chi connectivity index (χ4n) is 3.00. The van der Waals surface area contributed by atoms with Crippen LogP contribution >= 0.6 is 0 Å². The van der Waals surface area contributed by atoms with Crippen molar-refractivity contribution >= 4 is 12.1 Å². The van der Waals surface area contributed by atoms with Crippen molar-refractivity contribution in [2.75, 3.05) is 0 Å². The number of nitrogens with one attached hydrogen (secondary N) is 1. The highest BCUT2D eigenvalue weighted by Crippen LogP contribution is 2.19. The average Bonchev–Trinajstić information content (AvgIpc) is 2.85. The largest absolute Gasteiger partial charge is 0.503 e. The van der Waals surface area contributed by atoms with Gasteiger partial charge in [-0.15, -0.1) is 0 Å². The monoisotopic (exact) mass is 307 g/mol. The fraction of sp³-hybridized carbons (Fsp3) is 0.529. The Morgan fingerprint density at radius 1 is 1.09 bits per heavy atom. The lowest BCUT2D eigenvalue weighted by molar-refractivity contribution is -0.121. The van der Waals surface area contributed by atoms with E-state index in [9.17, 15) is 4.79 Å². The third-order valence-corrected chi connectivity index (χ3v) is 3.90. The molecule has 1 aliphatic rings. The van der Waals surface area contributed by atoms with Crippen molar-refractivity contribution in [2.24, 2.45) is 0 Å². The van der Waals surface area contributed by atoms with Crippen LogP contribution in [0.5, 0.6) is 0 Å². The molecule has 0 spiro atoms. The summed E-state index contributed by atoms with van der Waals surface area (Å²) in [7, 11) is 0. The molecule has 0 heterocycles. The minimum atomic E-state index is -1.83. The maximum absolute atomic E-state index is 12.0. The first kappa shape index (κ1) is 18.0. The maximum Gasteiger partial charge on any atom is 0.503 e. The molecule has 0 radical (unpaired) electrons. The Hall–Kier alpha value is -2.04. The minimum Gasteiger partial charge on any atom is -0.450 e. The highest BCUT2D eigenvalue weighted by atomic mass is 16.6. The Morgan fingerprint density at radius 2 is 1.55 bits per heavy atom. The maximum atomic E-state index is 12.0. The van der Waals surface area contributed by atoms with Gasteiger partial charge in [-0.25, -0.2) is 4.79 Å². The van der Waals surface area contributed by atoms with Gasteiger partial charge in [-0.3, -0.25) is 4.79 Å². The van der Waals surface area contributed by atoms with E-state index in [4.69, 9.17) is 15.0 Å². The van der Waals surface area contributed by atoms with Gasteiger partial charge in [-0.05, 0) is 50.3 Å². The number of hydrogen-bond donors (Lipinski definition) is 3. The van der Waals surface area contributed by atoms with Gasteiger partial charge in [0.15, 0.2) is 0 Å². The van der Waals surface area contributed by atoms with Crippen molar-refractivity contribution in [3.05, 3.63) is 34.4 Å². The van der Waals surface area contributed by atoms with Gasteiger partial charge in [0.1, 0.15) is 0 Å². The topological polar surface area (TPSA) is 86.6 Å². The van der Waals surface area contributed by atoms with Crippen LogP contribution in [-0.2, 0) is 11.2 Å². The SMILES string of the molecule is Cc1cc(C)c(CC(=O)NC2CCCC2)c(C)c1.O=C(O)O.